The second-order valence-electron chi connectivity index (χ2n) is 13.9. The van der Waals surface area contributed by atoms with Gasteiger partial charge in [0.25, 0.3) is 0 Å². The van der Waals surface area contributed by atoms with Gasteiger partial charge in [0.2, 0.25) is 5.78 Å². The zero-order chi connectivity index (χ0) is 40.5. The van der Waals surface area contributed by atoms with Gasteiger partial charge in [0, 0.05) is 18.3 Å². The molecule has 0 radical (unpaired) electrons. The van der Waals surface area contributed by atoms with Crippen LogP contribution in [0.2, 0.25) is 0 Å². The molecule has 9 nitrogen and oxygen atoms in total. The van der Waals surface area contributed by atoms with Crippen LogP contribution in [0.1, 0.15) is 6.92 Å². The molecule has 3 heterocycles. The minimum Gasteiger partial charge on any atom is -0.452 e. The van der Waals surface area contributed by atoms with Crippen molar-refractivity contribution in [1.29, 1.82) is 0 Å². The van der Waals surface area contributed by atoms with E-state index in [4.69, 9.17) is 0 Å². The zero-order valence-corrected chi connectivity index (χ0v) is 34.6. The van der Waals surface area contributed by atoms with Crippen LogP contribution in [-0.4, -0.2) is 53.6 Å². The molecule has 0 bridgehead atoms. The third kappa shape index (κ3) is 7.86. The number of carbonyl (C=O) groups is 1. The van der Waals surface area contributed by atoms with E-state index in [1.54, 1.807) is 22.8 Å². The molecule has 0 N–H and O–H groups in total. The summed E-state index contributed by atoms with van der Waals surface area (Å²) in [5.41, 5.74) is 5.32. The number of benzene rings is 8. The maximum Gasteiger partial charge on any atom is 3.00 e. The summed E-state index contributed by atoms with van der Waals surface area (Å²) in [7, 11) is 1.62. The number of ketones is 1. The van der Waals surface area contributed by atoms with Gasteiger partial charge in [-0.15, -0.1) is 78.3 Å². The maximum absolute atomic E-state index is 12.4. The fourth-order valence-corrected chi connectivity index (χ4v) is 6.89. The molecule has 0 aliphatic carbocycles. The first-order valence-electron chi connectivity index (χ1n) is 18.8. The Morgan fingerprint density at radius 1 is 0.567 bits per heavy atom. The third-order valence-corrected chi connectivity index (χ3v) is 9.83. The van der Waals surface area contributed by atoms with Crippen LogP contribution < -0.4 is 0 Å². The van der Waals surface area contributed by atoms with Crippen LogP contribution in [0.4, 0.5) is 8.78 Å². The van der Waals surface area contributed by atoms with Crippen molar-refractivity contribution in [1.82, 2.24) is 34.9 Å². The third-order valence-electron chi connectivity index (χ3n) is 9.83. The second kappa shape index (κ2) is 16.6. The molecule has 11 rings (SSSR count). The largest absolute Gasteiger partial charge is 3.00 e. The first kappa shape index (κ1) is 39.7. The van der Waals surface area contributed by atoms with Gasteiger partial charge in [-0.3, -0.25) is 4.79 Å². The molecule has 0 spiro atoms. The average Bonchev–Trinajstić information content (AvgIpc) is 4.01. The summed E-state index contributed by atoms with van der Waals surface area (Å²) in [6.07, 6.45) is 3.85. The number of halogens is 2. The molecular formula is C48H33F2IrN8O. The van der Waals surface area contributed by atoms with E-state index in [0.717, 1.165) is 61.1 Å². The first-order valence-corrected chi connectivity index (χ1v) is 18.8. The number of nitrogens with zero attached hydrogens (tertiary/aromatic N) is 8. The molecule has 1 aliphatic rings. The monoisotopic (exact) mass is 968 g/mol. The molecule has 0 saturated heterocycles. The second-order valence-corrected chi connectivity index (χ2v) is 13.9. The van der Waals surface area contributed by atoms with E-state index in [2.05, 4.69) is 111 Å². The molecule has 0 atom stereocenters. The Bertz CT molecular complexity index is 3010. The fraction of sp³-hybridized carbons (Fsp3) is 0.0625. The molecule has 12 heteroatoms. The fourth-order valence-electron chi connectivity index (χ4n) is 6.89. The molecule has 60 heavy (non-hydrogen) atoms. The Kier molecular flexibility index (Phi) is 11.0. The van der Waals surface area contributed by atoms with Crippen molar-refractivity contribution in [3.63, 3.8) is 0 Å². The molecule has 0 fully saturated rings. The summed E-state index contributed by atoms with van der Waals surface area (Å²) >= 11 is 0. The SMILES string of the molecule is CN1C=C[N-]C1=CC(=O)C(C)(F)F.[Ir+3].[c-]1c(-n2nc3ccccc3n2)c2ccccc2c2ccccc12.[c-]1c(-n2nc3ccccc3n2)c2ccccc2c2ccccc12. The number of aromatic nitrogens is 6. The summed E-state index contributed by atoms with van der Waals surface area (Å²) in [6.45, 7) is 0.564. The van der Waals surface area contributed by atoms with Gasteiger partial charge >= 0.3 is 26.0 Å². The summed E-state index contributed by atoms with van der Waals surface area (Å²) < 4.78 is 24.8. The maximum atomic E-state index is 12.4. The first-order chi connectivity index (χ1) is 28.7. The topological polar surface area (TPSA) is 95.8 Å². The van der Waals surface area contributed by atoms with Crippen LogP contribution in [0.15, 0.2) is 170 Å². The van der Waals surface area contributed by atoms with Crippen molar-refractivity contribution in [2.75, 3.05) is 7.05 Å². The number of rotatable bonds is 4. The number of hydrogen-bond acceptors (Lipinski definition) is 6. The van der Waals surface area contributed by atoms with Crippen LogP contribution in [0.5, 0.6) is 0 Å². The Morgan fingerprint density at radius 2 is 0.917 bits per heavy atom. The van der Waals surface area contributed by atoms with Crippen molar-refractivity contribution < 1.29 is 33.7 Å². The van der Waals surface area contributed by atoms with Crippen LogP contribution in [0.3, 0.4) is 0 Å². The molecular weight excluding hydrogens is 935 g/mol. The molecule has 0 unspecified atom stereocenters. The standard InChI is InChI=1S/2C20H12N3.C8H10F2N2O.Ir/c2*1-2-8-15-14(7-1)13-20(17-10-4-3-9-16(15)17)23-21-18-11-5-6-12-19(18)22-23;1-8(9,10)6(13)5-7-11-3-4-12(7)2;/h2*1-12H;3-5H,1-2H3,(H,11,13);/q2*-1;;+3/p-1. The van der Waals surface area contributed by atoms with E-state index < -0.39 is 11.7 Å². The summed E-state index contributed by atoms with van der Waals surface area (Å²) in [5, 5.41) is 31.3. The van der Waals surface area contributed by atoms with Gasteiger partial charge in [0.05, 0.1) is 0 Å². The van der Waals surface area contributed by atoms with Gasteiger partial charge in [-0.1, -0.05) is 144 Å². The van der Waals surface area contributed by atoms with E-state index in [9.17, 15) is 13.6 Å². The van der Waals surface area contributed by atoms with Crippen molar-refractivity contribution in [3.05, 3.63) is 187 Å². The van der Waals surface area contributed by atoms with Gasteiger partial charge in [0.15, 0.2) is 0 Å². The predicted octanol–water partition coefficient (Wildman–Crippen LogP) is 10.9. The Balaban J connectivity index is 0.000000129. The number of allylic oxidation sites excluding steroid dienone is 1. The molecule has 0 saturated carbocycles. The predicted molar refractivity (Wildman–Crippen MR) is 229 cm³/mol. The van der Waals surface area contributed by atoms with Crippen molar-refractivity contribution >= 4 is 70.9 Å². The molecule has 1 aliphatic heterocycles. The molecule has 0 amide bonds. The van der Waals surface area contributed by atoms with Crippen LogP contribution in [0, 0.1) is 12.1 Å². The van der Waals surface area contributed by atoms with E-state index in [1.165, 1.54) is 32.6 Å². The van der Waals surface area contributed by atoms with Crippen molar-refractivity contribution in [3.8, 4) is 11.4 Å². The Labute approximate surface area is 356 Å². The number of fused-ring (bicyclic) bond motifs is 8. The van der Waals surface area contributed by atoms with E-state index in [1.807, 2.05) is 72.8 Å². The Morgan fingerprint density at radius 3 is 1.28 bits per heavy atom. The van der Waals surface area contributed by atoms with Gasteiger partial charge in [-0.05, 0) is 30.3 Å². The minimum atomic E-state index is -3.33. The zero-order valence-electron chi connectivity index (χ0n) is 32.2. The number of hydrogen-bond donors (Lipinski definition) is 0. The summed E-state index contributed by atoms with van der Waals surface area (Å²) in [4.78, 5) is 15.7. The van der Waals surface area contributed by atoms with Gasteiger partial charge < -0.3 is 10.2 Å². The van der Waals surface area contributed by atoms with E-state index in [0.29, 0.717) is 6.92 Å². The van der Waals surface area contributed by atoms with Gasteiger partial charge in [0.1, 0.15) is 22.1 Å². The van der Waals surface area contributed by atoms with Crippen LogP contribution in [0.25, 0.3) is 81.8 Å². The summed E-state index contributed by atoms with van der Waals surface area (Å²) in [6, 6.07) is 56.0. The summed E-state index contributed by atoms with van der Waals surface area (Å²) in [5.74, 6) is -4.33. The van der Waals surface area contributed by atoms with Crippen molar-refractivity contribution in [2.24, 2.45) is 0 Å². The number of carbonyl (C=O) groups excluding carboxylic acids is 1. The van der Waals surface area contributed by atoms with E-state index in [-0.39, 0.29) is 25.9 Å². The smallest absolute Gasteiger partial charge is 0.452 e. The normalized spacial score (nSPS) is 13.0. The minimum absolute atomic E-state index is 0. The van der Waals surface area contributed by atoms with Crippen molar-refractivity contribution in [2.45, 2.75) is 12.8 Å². The molecule has 294 valence electrons. The quantitative estimate of drug-likeness (QED) is 0.0990. The number of alkyl halides is 2. The molecule has 2 aromatic heterocycles. The molecule has 10 aromatic rings. The van der Waals surface area contributed by atoms with Gasteiger partial charge in [-0.2, -0.15) is 18.4 Å². The average molecular weight is 968 g/mol. The van der Waals surface area contributed by atoms with E-state index >= 15 is 0 Å². The van der Waals surface area contributed by atoms with Crippen LogP contribution in [-0.2, 0) is 24.9 Å². The Hall–Kier alpha value is -7.14. The van der Waals surface area contributed by atoms with Crippen LogP contribution >= 0.6 is 0 Å². The molecule has 8 aromatic carbocycles. The van der Waals surface area contributed by atoms with Gasteiger partial charge in [-0.25, -0.2) is 0 Å².